The minimum Gasteiger partial charge on any atom is -0.382 e. The number of carbonyl (C=O) groups excluding carboxylic acids is 1. The Morgan fingerprint density at radius 3 is 2.55 bits per heavy atom. The van der Waals surface area contributed by atoms with Crippen molar-refractivity contribution in [2.45, 2.75) is 19.1 Å². The zero-order valence-electron chi connectivity index (χ0n) is 14.8. The smallest absolute Gasteiger partial charge is 0.382 e. The third-order valence-corrected chi connectivity index (χ3v) is 5.26. The van der Waals surface area contributed by atoms with E-state index in [1.54, 1.807) is 13.1 Å². The second-order valence-electron chi connectivity index (χ2n) is 5.88. The number of nitrogen functional groups attached to an aromatic ring is 1. The molecule has 7 nitrogen and oxygen atoms in total. The van der Waals surface area contributed by atoms with E-state index >= 15 is 0 Å². The van der Waals surface area contributed by atoms with Crippen LogP contribution in [0.2, 0.25) is 5.02 Å². The van der Waals surface area contributed by atoms with Crippen LogP contribution in [-0.2, 0) is 6.18 Å². The molecule has 0 bridgehead atoms. The van der Waals surface area contributed by atoms with Gasteiger partial charge in [-0.05, 0) is 31.2 Å². The molecule has 0 saturated heterocycles. The second kappa shape index (κ2) is 8.21. The molecule has 2 aromatic heterocycles. The lowest BCUT2D eigenvalue weighted by molar-refractivity contribution is -0.137. The Hall–Kier alpha value is -2.92. The molecule has 0 radical (unpaired) electrons. The number of amides is 1. The molecule has 3 aromatic rings. The van der Waals surface area contributed by atoms with Gasteiger partial charge in [-0.15, -0.1) is 0 Å². The number of halogens is 4. The first-order valence-corrected chi connectivity index (χ1v) is 9.31. The van der Waals surface area contributed by atoms with Crippen LogP contribution in [0.4, 0.5) is 29.8 Å². The van der Waals surface area contributed by atoms with E-state index in [2.05, 4.69) is 25.6 Å². The fourth-order valence-electron chi connectivity index (χ4n) is 2.29. The summed E-state index contributed by atoms with van der Waals surface area (Å²) in [6.45, 7) is 1.74. The molecule has 1 aromatic carbocycles. The molecule has 1 atom stereocenters. The average Bonchev–Trinajstić information content (AvgIpc) is 3.12. The van der Waals surface area contributed by atoms with Crippen molar-refractivity contribution in [3.8, 4) is 0 Å². The van der Waals surface area contributed by atoms with Crippen LogP contribution >= 0.6 is 22.9 Å². The maximum atomic E-state index is 12.6. The lowest BCUT2D eigenvalue weighted by atomic mass is 10.2. The van der Waals surface area contributed by atoms with Crippen molar-refractivity contribution in [2.75, 3.05) is 11.1 Å². The number of thiazole rings is 1. The molecular weight excluding hydrogens is 429 g/mol. The Balaban J connectivity index is 1.66. The molecule has 1 amide bonds. The van der Waals surface area contributed by atoms with Crippen molar-refractivity contribution >= 4 is 45.5 Å². The summed E-state index contributed by atoms with van der Waals surface area (Å²) in [5, 5.41) is 6.09. The third kappa shape index (κ3) is 4.93. The Kier molecular flexibility index (Phi) is 5.89. The van der Waals surface area contributed by atoms with Gasteiger partial charge in [0, 0.05) is 16.8 Å². The van der Waals surface area contributed by atoms with Gasteiger partial charge in [-0.3, -0.25) is 4.79 Å². The Bertz CT molecular complexity index is 1020. The summed E-state index contributed by atoms with van der Waals surface area (Å²) >= 11 is 7.19. The largest absolute Gasteiger partial charge is 0.416 e. The van der Waals surface area contributed by atoms with Crippen LogP contribution in [-0.4, -0.2) is 20.9 Å². The van der Waals surface area contributed by atoms with E-state index in [-0.39, 0.29) is 16.5 Å². The number of anilines is 3. The highest BCUT2D eigenvalue weighted by molar-refractivity contribution is 7.15. The average molecular weight is 443 g/mol. The number of nitrogens with zero attached hydrogens (tertiary/aromatic N) is 3. The molecule has 3 rings (SSSR count). The van der Waals surface area contributed by atoms with Crippen molar-refractivity contribution in [2.24, 2.45) is 0 Å². The molecule has 4 N–H and O–H groups in total. The molecule has 0 spiro atoms. The molecule has 0 aliphatic rings. The minimum atomic E-state index is -4.39. The normalized spacial score (nSPS) is 12.4. The number of nitrogens with two attached hydrogens (primary N) is 1. The zero-order valence-corrected chi connectivity index (χ0v) is 16.4. The van der Waals surface area contributed by atoms with Gasteiger partial charge in [0.15, 0.2) is 10.8 Å². The van der Waals surface area contributed by atoms with E-state index in [0.717, 1.165) is 18.5 Å². The van der Waals surface area contributed by atoms with E-state index in [9.17, 15) is 18.0 Å². The van der Waals surface area contributed by atoms with Gasteiger partial charge in [0.1, 0.15) is 17.2 Å². The lowest BCUT2D eigenvalue weighted by Crippen LogP contribution is -2.27. The van der Waals surface area contributed by atoms with Gasteiger partial charge in [-0.25, -0.2) is 15.0 Å². The van der Waals surface area contributed by atoms with Crippen LogP contribution in [0, 0.1) is 0 Å². The molecule has 29 heavy (non-hydrogen) atoms. The molecule has 12 heteroatoms. The molecule has 0 aliphatic heterocycles. The van der Waals surface area contributed by atoms with E-state index in [4.69, 9.17) is 17.3 Å². The summed E-state index contributed by atoms with van der Waals surface area (Å²) in [7, 11) is 0. The van der Waals surface area contributed by atoms with E-state index in [1.165, 1.54) is 23.5 Å². The standard InChI is InChI=1S/C17H14ClF3N6OS/c1-8(26-15(28)13-12(18)14(22)25-7-24-13)11-6-23-16(29-11)27-10-4-2-9(3-5-10)17(19,20)21/h2-8H,1H3,(H,23,27)(H,26,28)(H2,22,24,25)/t8-/m1/s1. The number of alkyl halides is 3. The topological polar surface area (TPSA) is 106 Å². The lowest BCUT2D eigenvalue weighted by Gasteiger charge is -2.12. The maximum absolute atomic E-state index is 12.6. The Morgan fingerprint density at radius 2 is 1.90 bits per heavy atom. The van der Waals surface area contributed by atoms with E-state index < -0.39 is 23.7 Å². The number of carbonyl (C=O) groups is 1. The molecule has 0 aliphatic carbocycles. The van der Waals surface area contributed by atoms with Crippen LogP contribution in [0.1, 0.15) is 33.9 Å². The summed E-state index contributed by atoms with van der Waals surface area (Å²) < 4.78 is 37.9. The van der Waals surface area contributed by atoms with Crippen molar-refractivity contribution in [1.82, 2.24) is 20.3 Å². The fraction of sp³-hybridized carbons (Fsp3) is 0.176. The van der Waals surface area contributed by atoms with Gasteiger partial charge in [0.25, 0.3) is 5.91 Å². The molecule has 152 valence electrons. The first-order chi connectivity index (χ1) is 13.6. The number of hydrogen-bond donors (Lipinski definition) is 3. The first kappa shape index (κ1) is 20.8. The quantitative estimate of drug-likeness (QED) is 0.540. The van der Waals surface area contributed by atoms with Crippen LogP contribution in [0.25, 0.3) is 0 Å². The molecule has 0 saturated carbocycles. The van der Waals surface area contributed by atoms with Crippen molar-refractivity contribution in [3.63, 3.8) is 0 Å². The van der Waals surface area contributed by atoms with Gasteiger partial charge in [0.2, 0.25) is 0 Å². The van der Waals surface area contributed by atoms with Gasteiger partial charge in [0.05, 0.1) is 11.6 Å². The predicted molar refractivity (Wildman–Crippen MR) is 104 cm³/mol. The highest BCUT2D eigenvalue weighted by Gasteiger charge is 2.30. The minimum absolute atomic E-state index is 0.000267. The number of aromatic nitrogens is 3. The van der Waals surface area contributed by atoms with Gasteiger partial charge in [-0.1, -0.05) is 22.9 Å². The summed E-state index contributed by atoms with van der Waals surface area (Å²) in [4.78, 5) is 24.8. The second-order valence-corrected chi connectivity index (χ2v) is 7.32. The third-order valence-electron chi connectivity index (χ3n) is 3.79. The molecule has 2 heterocycles. The molecule has 0 fully saturated rings. The highest BCUT2D eigenvalue weighted by atomic mass is 35.5. The van der Waals surface area contributed by atoms with Crippen molar-refractivity contribution in [3.05, 3.63) is 57.9 Å². The van der Waals surface area contributed by atoms with Gasteiger partial charge < -0.3 is 16.4 Å². The van der Waals surface area contributed by atoms with Crippen molar-refractivity contribution in [1.29, 1.82) is 0 Å². The van der Waals surface area contributed by atoms with E-state index in [0.29, 0.717) is 15.7 Å². The number of nitrogens with one attached hydrogen (secondary N) is 2. The Morgan fingerprint density at radius 1 is 1.21 bits per heavy atom. The molecule has 0 unspecified atom stereocenters. The summed E-state index contributed by atoms with van der Waals surface area (Å²) in [6.07, 6.45) is -1.70. The SMILES string of the molecule is C[C@@H](NC(=O)c1ncnc(N)c1Cl)c1cnc(Nc2ccc(C(F)(F)F)cc2)s1. The first-order valence-electron chi connectivity index (χ1n) is 8.12. The number of benzene rings is 1. The highest BCUT2D eigenvalue weighted by Crippen LogP contribution is 2.31. The predicted octanol–water partition coefficient (Wildman–Crippen LogP) is 4.42. The Labute approximate surface area is 172 Å². The fourth-order valence-corrected chi connectivity index (χ4v) is 3.31. The van der Waals surface area contributed by atoms with Crippen LogP contribution < -0.4 is 16.4 Å². The van der Waals surface area contributed by atoms with E-state index in [1.807, 2.05) is 0 Å². The van der Waals surface area contributed by atoms with Crippen molar-refractivity contribution < 1.29 is 18.0 Å². The summed E-state index contributed by atoms with van der Waals surface area (Å²) in [5.41, 5.74) is 5.25. The molecular formula is C17H14ClF3N6OS. The number of hydrogen-bond acceptors (Lipinski definition) is 7. The zero-order chi connectivity index (χ0) is 21.2. The van der Waals surface area contributed by atoms with Crippen LogP contribution in [0.15, 0.2) is 36.8 Å². The maximum Gasteiger partial charge on any atom is 0.416 e. The monoisotopic (exact) mass is 442 g/mol. The van der Waals surface area contributed by atoms with Gasteiger partial charge >= 0.3 is 6.18 Å². The summed E-state index contributed by atoms with van der Waals surface area (Å²) in [6, 6.07) is 4.18. The van der Waals surface area contributed by atoms with Gasteiger partial charge in [-0.2, -0.15) is 13.2 Å². The summed E-state index contributed by atoms with van der Waals surface area (Å²) in [5.74, 6) is -0.525. The van der Waals surface area contributed by atoms with Crippen LogP contribution in [0.3, 0.4) is 0 Å². The number of rotatable bonds is 5. The van der Waals surface area contributed by atoms with Crippen LogP contribution in [0.5, 0.6) is 0 Å².